The molecule has 15 heavy (non-hydrogen) atoms. The molecule has 0 radical (unpaired) electrons. The third-order valence-electron chi connectivity index (χ3n) is 3.33. The Labute approximate surface area is 92.9 Å². The van der Waals surface area contributed by atoms with Gasteiger partial charge in [0.05, 0.1) is 0 Å². The number of hydrogen-bond donors (Lipinski definition) is 1. The quantitative estimate of drug-likeness (QED) is 0.796. The lowest BCUT2D eigenvalue weighted by molar-refractivity contribution is 0.580. The van der Waals surface area contributed by atoms with E-state index >= 15 is 0 Å². The zero-order valence-corrected chi connectivity index (χ0v) is 9.79. The van der Waals surface area contributed by atoms with Crippen LogP contribution in [0.5, 0.6) is 0 Å². The van der Waals surface area contributed by atoms with Crippen LogP contribution in [0.2, 0.25) is 0 Å². The summed E-state index contributed by atoms with van der Waals surface area (Å²) >= 11 is 0. The molecule has 0 saturated carbocycles. The average Bonchev–Trinajstić information content (AvgIpc) is 2.71. The largest absolute Gasteiger partial charge is 0.316 e. The van der Waals surface area contributed by atoms with Gasteiger partial charge in [-0.15, -0.1) is 0 Å². The third kappa shape index (κ3) is 2.82. The normalized spacial score (nSPS) is 21.1. The lowest BCUT2D eigenvalue weighted by Crippen LogP contribution is -2.10. The monoisotopic (exact) mass is 203 g/mol. The van der Waals surface area contributed by atoms with Gasteiger partial charge < -0.3 is 5.32 Å². The molecule has 1 aromatic rings. The van der Waals surface area contributed by atoms with Crippen molar-refractivity contribution in [3.63, 3.8) is 0 Å². The minimum Gasteiger partial charge on any atom is -0.316 e. The second kappa shape index (κ2) is 4.80. The van der Waals surface area contributed by atoms with Gasteiger partial charge in [0.25, 0.3) is 0 Å². The Balaban J connectivity index is 1.97. The van der Waals surface area contributed by atoms with Crippen LogP contribution in [0.15, 0.2) is 24.3 Å². The zero-order chi connectivity index (χ0) is 10.7. The van der Waals surface area contributed by atoms with Crippen molar-refractivity contribution in [2.45, 2.75) is 32.6 Å². The van der Waals surface area contributed by atoms with Crippen LogP contribution in [-0.4, -0.2) is 13.1 Å². The SMILES string of the molecule is CC(C)c1ccc(C[C@@H]2CCNC2)cc1. The molecule has 1 N–H and O–H groups in total. The van der Waals surface area contributed by atoms with Gasteiger partial charge in [0, 0.05) is 0 Å². The summed E-state index contributed by atoms with van der Waals surface area (Å²) in [5.74, 6) is 1.50. The van der Waals surface area contributed by atoms with E-state index in [0.717, 1.165) is 5.92 Å². The van der Waals surface area contributed by atoms with Gasteiger partial charge >= 0.3 is 0 Å². The molecule has 1 saturated heterocycles. The lowest BCUT2D eigenvalue weighted by atomic mass is 9.96. The minimum absolute atomic E-state index is 0.646. The van der Waals surface area contributed by atoms with Gasteiger partial charge in [0.2, 0.25) is 0 Å². The summed E-state index contributed by atoms with van der Waals surface area (Å²) < 4.78 is 0. The molecule has 1 aromatic carbocycles. The van der Waals surface area contributed by atoms with Crippen LogP contribution in [0.1, 0.15) is 37.3 Å². The van der Waals surface area contributed by atoms with E-state index in [1.54, 1.807) is 0 Å². The maximum Gasteiger partial charge on any atom is -0.00169 e. The molecule has 0 aliphatic carbocycles. The summed E-state index contributed by atoms with van der Waals surface area (Å²) in [4.78, 5) is 0. The Hall–Kier alpha value is -0.820. The molecule has 1 heterocycles. The van der Waals surface area contributed by atoms with Crippen LogP contribution in [0.4, 0.5) is 0 Å². The van der Waals surface area contributed by atoms with Crippen molar-refractivity contribution >= 4 is 0 Å². The van der Waals surface area contributed by atoms with Gasteiger partial charge in [-0.3, -0.25) is 0 Å². The first-order chi connectivity index (χ1) is 7.25. The number of nitrogens with one attached hydrogen (secondary N) is 1. The van der Waals surface area contributed by atoms with Gasteiger partial charge in [0.1, 0.15) is 0 Å². The molecule has 0 spiro atoms. The van der Waals surface area contributed by atoms with Crippen molar-refractivity contribution in [2.75, 3.05) is 13.1 Å². The van der Waals surface area contributed by atoms with Gasteiger partial charge in [-0.05, 0) is 48.9 Å². The smallest absolute Gasteiger partial charge is 0.00169 e. The van der Waals surface area contributed by atoms with E-state index in [0.29, 0.717) is 5.92 Å². The third-order valence-corrected chi connectivity index (χ3v) is 3.33. The first kappa shape index (κ1) is 10.7. The zero-order valence-electron chi connectivity index (χ0n) is 9.79. The highest BCUT2D eigenvalue weighted by Gasteiger charge is 2.14. The fourth-order valence-electron chi connectivity index (χ4n) is 2.26. The highest BCUT2D eigenvalue weighted by atomic mass is 14.9. The molecular formula is C14H21N. The number of rotatable bonds is 3. The fraction of sp³-hybridized carbons (Fsp3) is 0.571. The number of benzene rings is 1. The van der Waals surface area contributed by atoms with Gasteiger partial charge in [-0.1, -0.05) is 38.1 Å². The van der Waals surface area contributed by atoms with Crippen LogP contribution in [0.25, 0.3) is 0 Å². The summed E-state index contributed by atoms with van der Waals surface area (Å²) in [7, 11) is 0. The second-order valence-corrected chi connectivity index (χ2v) is 4.96. The van der Waals surface area contributed by atoms with E-state index < -0.39 is 0 Å². The molecular weight excluding hydrogens is 182 g/mol. The Bertz CT molecular complexity index is 294. The molecule has 2 rings (SSSR count). The molecule has 1 nitrogen and oxygen atoms in total. The molecule has 1 atom stereocenters. The molecule has 1 aliphatic heterocycles. The predicted molar refractivity (Wildman–Crippen MR) is 65.2 cm³/mol. The van der Waals surface area contributed by atoms with E-state index in [1.165, 1.54) is 37.1 Å². The summed E-state index contributed by atoms with van der Waals surface area (Å²) in [6, 6.07) is 9.16. The summed E-state index contributed by atoms with van der Waals surface area (Å²) in [5.41, 5.74) is 2.94. The Morgan fingerprint density at radius 1 is 1.27 bits per heavy atom. The van der Waals surface area contributed by atoms with E-state index in [1.807, 2.05) is 0 Å². The highest BCUT2D eigenvalue weighted by Crippen LogP contribution is 2.18. The molecule has 1 fully saturated rings. The summed E-state index contributed by atoms with van der Waals surface area (Å²) in [5, 5.41) is 3.42. The van der Waals surface area contributed by atoms with Crippen molar-refractivity contribution in [1.82, 2.24) is 5.32 Å². The van der Waals surface area contributed by atoms with Crippen LogP contribution in [0, 0.1) is 5.92 Å². The molecule has 0 bridgehead atoms. The van der Waals surface area contributed by atoms with Crippen molar-refractivity contribution in [3.8, 4) is 0 Å². The first-order valence-corrected chi connectivity index (χ1v) is 6.05. The Morgan fingerprint density at radius 2 is 2.00 bits per heavy atom. The molecule has 0 unspecified atom stereocenters. The van der Waals surface area contributed by atoms with E-state index in [2.05, 4.69) is 43.4 Å². The average molecular weight is 203 g/mol. The van der Waals surface area contributed by atoms with E-state index in [4.69, 9.17) is 0 Å². The van der Waals surface area contributed by atoms with Gasteiger partial charge in [-0.2, -0.15) is 0 Å². The van der Waals surface area contributed by atoms with Crippen molar-refractivity contribution < 1.29 is 0 Å². The van der Waals surface area contributed by atoms with Crippen LogP contribution >= 0.6 is 0 Å². The van der Waals surface area contributed by atoms with Gasteiger partial charge in [-0.25, -0.2) is 0 Å². The predicted octanol–water partition coefficient (Wildman–Crippen LogP) is 2.96. The molecule has 0 amide bonds. The summed E-state index contributed by atoms with van der Waals surface area (Å²) in [6.07, 6.45) is 2.58. The Kier molecular flexibility index (Phi) is 3.42. The van der Waals surface area contributed by atoms with Crippen LogP contribution in [0.3, 0.4) is 0 Å². The lowest BCUT2D eigenvalue weighted by Gasteiger charge is -2.10. The fourth-order valence-corrected chi connectivity index (χ4v) is 2.26. The first-order valence-electron chi connectivity index (χ1n) is 6.05. The molecule has 82 valence electrons. The van der Waals surface area contributed by atoms with Crippen molar-refractivity contribution in [2.24, 2.45) is 5.92 Å². The van der Waals surface area contributed by atoms with E-state index in [9.17, 15) is 0 Å². The second-order valence-electron chi connectivity index (χ2n) is 4.96. The topological polar surface area (TPSA) is 12.0 Å². The van der Waals surface area contributed by atoms with Crippen LogP contribution in [-0.2, 0) is 6.42 Å². The van der Waals surface area contributed by atoms with Gasteiger partial charge in [0.15, 0.2) is 0 Å². The maximum atomic E-state index is 3.42. The standard InChI is InChI=1S/C14H21N/c1-11(2)14-5-3-12(4-6-14)9-13-7-8-15-10-13/h3-6,11,13,15H,7-10H2,1-2H3/t13-/m0/s1. The minimum atomic E-state index is 0.646. The molecule has 1 heteroatoms. The van der Waals surface area contributed by atoms with E-state index in [-0.39, 0.29) is 0 Å². The highest BCUT2D eigenvalue weighted by molar-refractivity contribution is 5.25. The molecule has 1 aliphatic rings. The summed E-state index contributed by atoms with van der Waals surface area (Å²) in [6.45, 7) is 6.90. The van der Waals surface area contributed by atoms with Crippen LogP contribution < -0.4 is 5.32 Å². The Morgan fingerprint density at radius 3 is 2.53 bits per heavy atom. The van der Waals surface area contributed by atoms with Crippen molar-refractivity contribution in [1.29, 1.82) is 0 Å². The van der Waals surface area contributed by atoms with Crippen molar-refractivity contribution in [3.05, 3.63) is 35.4 Å². The maximum absolute atomic E-state index is 3.42. The molecule has 0 aromatic heterocycles. The number of hydrogen-bond acceptors (Lipinski definition) is 1.